The van der Waals surface area contributed by atoms with Gasteiger partial charge in [-0.25, -0.2) is 5.84 Å². The van der Waals surface area contributed by atoms with Crippen molar-refractivity contribution in [1.82, 2.24) is 10.3 Å². The summed E-state index contributed by atoms with van der Waals surface area (Å²) in [4.78, 5) is 13.8. The molecule has 6 nitrogen and oxygen atoms in total. The molecule has 0 aromatic heterocycles. The predicted molar refractivity (Wildman–Crippen MR) is 75.3 cm³/mol. The molecule has 1 aromatic carbocycles. The number of carbonyl (C=O) groups excluding carboxylic acids is 1. The minimum atomic E-state index is -0.366. The molecule has 0 saturated heterocycles. The number of hydrogen-bond acceptors (Lipinski definition) is 5. The van der Waals surface area contributed by atoms with Crippen molar-refractivity contribution in [2.24, 2.45) is 5.84 Å². The Balaban J connectivity index is 1.88. The lowest BCUT2D eigenvalue weighted by Gasteiger charge is -2.21. The van der Waals surface area contributed by atoms with Crippen LogP contribution in [0, 0.1) is 0 Å². The molecule has 1 aliphatic rings. The molecule has 0 aliphatic heterocycles. The molecular weight excluding hydrogens is 258 g/mol. The molecule has 1 amide bonds. The van der Waals surface area contributed by atoms with Gasteiger partial charge in [0.25, 0.3) is 5.91 Å². The summed E-state index contributed by atoms with van der Waals surface area (Å²) in [5.74, 6) is 5.30. The van der Waals surface area contributed by atoms with Gasteiger partial charge in [-0.3, -0.25) is 15.1 Å². The molecule has 0 unspecified atom stereocenters. The standard InChI is InChI=1S/C14H21N3O3/c15-16-14(19)12-3-1-2-4-13(12)20-10-8-17(7-9-18)11-5-6-11/h1-4,11,18H,5-10,15H2,(H,16,19). The highest BCUT2D eigenvalue weighted by atomic mass is 16.5. The van der Waals surface area contributed by atoms with Gasteiger partial charge in [0.2, 0.25) is 0 Å². The molecule has 1 aromatic rings. The van der Waals surface area contributed by atoms with Gasteiger partial charge in [-0.05, 0) is 25.0 Å². The summed E-state index contributed by atoms with van der Waals surface area (Å²) in [5.41, 5.74) is 2.53. The smallest absolute Gasteiger partial charge is 0.268 e. The van der Waals surface area contributed by atoms with Crippen LogP contribution in [0.3, 0.4) is 0 Å². The number of nitrogens with one attached hydrogen (secondary N) is 1. The quantitative estimate of drug-likeness (QED) is 0.357. The van der Waals surface area contributed by atoms with Gasteiger partial charge in [-0.2, -0.15) is 0 Å². The first-order valence-corrected chi connectivity index (χ1v) is 6.84. The van der Waals surface area contributed by atoms with Crippen LogP contribution in [0.2, 0.25) is 0 Å². The second-order valence-electron chi connectivity index (χ2n) is 4.81. The molecule has 0 spiro atoms. The van der Waals surface area contributed by atoms with Crippen LogP contribution in [0.1, 0.15) is 23.2 Å². The number of nitrogen functional groups attached to an aromatic ring is 1. The monoisotopic (exact) mass is 279 g/mol. The van der Waals surface area contributed by atoms with Gasteiger partial charge in [0.15, 0.2) is 0 Å². The van der Waals surface area contributed by atoms with E-state index in [2.05, 4.69) is 10.3 Å². The molecule has 0 heterocycles. The van der Waals surface area contributed by atoms with E-state index in [9.17, 15) is 4.79 Å². The summed E-state index contributed by atoms with van der Waals surface area (Å²) in [5, 5.41) is 9.03. The number of hydrazine groups is 1. The van der Waals surface area contributed by atoms with E-state index in [1.165, 1.54) is 12.8 Å². The molecule has 1 aliphatic carbocycles. The third kappa shape index (κ3) is 3.93. The highest BCUT2D eigenvalue weighted by Gasteiger charge is 2.28. The second kappa shape index (κ2) is 7.23. The van der Waals surface area contributed by atoms with E-state index in [4.69, 9.17) is 15.7 Å². The first-order chi connectivity index (χ1) is 9.76. The van der Waals surface area contributed by atoms with Gasteiger partial charge in [0, 0.05) is 19.1 Å². The second-order valence-corrected chi connectivity index (χ2v) is 4.81. The Morgan fingerprint density at radius 3 is 2.80 bits per heavy atom. The van der Waals surface area contributed by atoms with Gasteiger partial charge in [-0.1, -0.05) is 12.1 Å². The van der Waals surface area contributed by atoms with Crippen LogP contribution in [0.25, 0.3) is 0 Å². The van der Waals surface area contributed by atoms with E-state index in [-0.39, 0.29) is 12.5 Å². The van der Waals surface area contributed by atoms with Gasteiger partial charge >= 0.3 is 0 Å². The number of aliphatic hydroxyl groups excluding tert-OH is 1. The number of hydrogen-bond donors (Lipinski definition) is 3. The molecule has 4 N–H and O–H groups in total. The van der Waals surface area contributed by atoms with Gasteiger partial charge in [-0.15, -0.1) is 0 Å². The van der Waals surface area contributed by atoms with Gasteiger partial charge in [0.1, 0.15) is 12.4 Å². The van der Waals surface area contributed by atoms with Crippen molar-refractivity contribution in [3.05, 3.63) is 29.8 Å². The number of nitrogens with zero attached hydrogens (tertiary/aromatic N) is 1. The van der Waals surface area contributed by atoms with E-state index < -0.39 is 0 Å². The zero-order valence-electron chi connectivity index (χ0n) is 11.4. The van der Waals surface area contributed by atoms with Crippen molar-refractivity contribution in [3.63, 3.8) is 0 Å². The lowest BCUT2D eigenvalue weighted by Crippen LogP contribution is -2.33. The minimum absolute atomic E-state index is 0.155. The maximum absolute atomic E-state index is 11.6. The molecule has 0 atom stereocenters. The third-order valence-electron chi connectivity index (χ3n) is 3.35. The number of ether oxygens (including phenoxy) is 1. The molecule has 2 rings (SSSR count). The average molecular weight is 279 g/mol. The molecular formula is C14H21N3O3. The van der Waals surface area contributed by atoms with E-state index in [1.54, 1.807) is 18.2 Å². The summed E-state index contributed by atoms with van der Waals surface area (Å²) in [6.07, 6.45) is 2.37. The first-order valence-electron chi connectivity index (χ1n) is 6.84. The van der Waals surface area contributed by atoms with E-state index in [0.717, 1.165) is 6.54 Å². The zero-order chi connectivity index (χ0) is 14.4. The lowest BCUT2D eigenvalue weighted by atomic mass is 10.2. The van der Waals surface area contributed by atoms with Crippen molar-refractivity contribution in [1.29, 1.82) is 0 Å². The maximum atomic E-state index is 11.6. The van der Waals surface area contributed by atoms with E-state index >= 15 is 0 Å². The Morgan fingerprint density at radius 2 is 2.15 bits per heavy atom. The summed E-state index contributed by atoms with van der Waals surface area (Å²) < 4.78 is 5.68. The number of amides is 1. The van der Waals surface area contributed by atoms with Crippen molar-refractivity contribution in [2.45, 2.75) is 18.9 Å². The normalized spacial score (nSPS) is 14.3. The van der Waals surface area contributed by atoms with Crippen LogP contribution < -0.4 is 16.0 Å². The minimum Gasteiger partial charge on any atom is -0.491 e. The van der Waals surface area contributed by atoms with Crippen LogP contribution in [0.4, 0.5) is 0 Å². The highest BCUT2D eigenvalue weighted by Crippen LogP contribution is 2.26. The Labute approximate surface area is 118 Å². The van der Waals surface area contributed by atoms with Crippen molar-refractivity contribution >= 4 is 5.91 Å². The van der Waals surface area contributed by atoms with Gasteiger partial charge in [0.05, 0.1) is 12.2 Å². The molecule has 6 heteroatoms. The van der Waals surface area contributed by atoms with Crippen LogP contribution in [-0.4, -0.2) is 48.3 Å². The fourth-order valence-electron chi connectivity index (χ4n) is 2.18. The lowest BCUT2D eigenvalue weighted by molar-refractivity contribution is 0.0948. The zero-order valence-corrected chi connectivity index (χ0v) is 11.4. The maximum Gasteiger partial charge on any atom is 0.268 e. The highest BCUT2D eigenvalue weighted by molar-refractivity contribution is 5.96. The van der Waals surface area contributed by atoms with E-state index in [1.807, 2.05) is 6.07 Å². The molecule has 0 bridgehead atoms. The van der Waals surface area contributed by atoms with Crippen molar-refractivity contribution in [2.75, 3.05) is 26.3 Å². The third-order valence-corrected chi connectivity index (χ3v) is 3.35. The Hall–Kier alpha value is -1.63. The molecule has 1 fully saturated rings. The largest absolute Gasteiger partial charge is 0.491 e. The van der Waals surface area contributed by atoms with Crippen molar-refractivity contribution in [3.8, 4) is 5.75 Å². The number of aliphatic hydroxyl groups is 1. The van der Waals surface area contributed by atoms with Crippen LogP contribution in [0.5, 0.6) is 5.75 Å². The number of nitrogens with two attached hydrogens (primary N) is 1. The predicted octanol–water partition coefficient (Wildman–Crippen LogP) is 0.126. The number of rotatable bonds is 8. The number of benzene rings is 1. The number of para-hydroxylation sites is 1. The SMILES string of the molecule is NNC(=O)c1ccccc1OCCN(CCO)C1CC1. The summed E-state index contributed by atoms with van der Waals surface area (Å²) in [6, 6.07) is 7.57. The Morgan fingerprint density at radius 1 is 1.40 bits per heavy atom. The fourth-order valence-corrected chi connectivity index (χ4v) is 2.18. The fraction of sp³-hybridized carbons (Fsp3) is 0.500. The first kappa shape index (κ1) is 14.8. The molecule has 110 valence electrons. The Kier molecular flexibility index (Phi) is 5.34. The molecule has 1 saturated carbocycles. The van der Waals surface area contributed by atoms with Crippen LogP contribution in [0.15, 0.2) is 24.3 Å². The average Bonchev–Trinajstić information content (AvgIpc) is 3.30. The van der Waals surface area contributed by atoms with Crippen molar-refractivity contribution < 1.29 is 14.6 Å². The van der Waals surface area contributed by atoms with Gasteiger partial charge < -0.3 is 9.84 Å². The summed E-state index contributed by atoms with van der Waals surface area (Å²) >= 11 is 0. The van der Waals surface area contributed by atoms with Crippen LogP contribution in [-0.2, 0) is 0 Å². The summed E-state index contributed by atoms with van der Waals surface area (Å²) in [6.45, 7) is 2.04. The molecule has 20 heavy (non-hydrogen) atoms. The van der Waals surface area contributed by atoms with E-state index in [0.29, 0.717) is 30.5 Å². The summed E-state index contributed by atoms with van der Waals surface area (Å²) in [7, 11) is 0. The number of carbonyl (C=O) groups is 1. The molecule has 0 radical (unpaired) electrons. The Bertz CT molecular complexity index is 449. The topological polar surface area (TPSA) is 87.8 Å². The van der Waals surface area contributed by atoms with Crippen LogP contribution >= 0.6 is 0 Å².